The Hall–Kier alpha value is -1.76. The highest BCUT2D eigenvalue weighted by molar-refractivity contribution is 5.87. The molecule has 0 saturated carbocycles. The molecule has 0 N–H and O–H groups in total. The quantitative estimate of drug-likeness (QED) is 0.652. The molecule has 1 aromatic heterocycles. The predicted octanol–water partition coefficient (Wildman–Crippen LogP) is 5.97. The van der Waals surface area contributed by atoms with Gasteiger partial charge in [0, 0.05) is 5.39 Å². The third kappa shape index (κ3) is 2.33. The second-order valence-electron chi connectivity index (χ2n) is 6.44. The van der Waals surface area contributed by atoms with Gasteiger partial charge in [0.15, 0.2) is 0 Å². The molecule has 1 nitrogen and oxygen atoms in total. The first kappa shape index (κ1) is 13.2. The van der Waals surface area contributed by atoms with Crippen LogP contribution in [0.5, 0.6) is 0 Å². The summed E-state index contributed by atoms with van der Waals surface area (Å²) in [6.45, 7) is 6.99. The zero-order valence-corrected chi connectivity index (χ0v) is 12.6. The van der Waals surface area contributed by atoms with E-state index in [1.54, 1.807) is 6.26 Å². The maximum atomic E-state index is 5.47. The van der Waals surface area contributed by atoms with E-state index in [0.717, 1.165) is 5.58 Å². The molecule has 0 saturated heterocycles. The maximum Gasteiger partial charge on any atom is 0.134 e. The van der Waals surface area contributed by atoms with Crippen LogP contribution in [-0.4, -0.2) is 0 Å². The number of hydrogen-bond donors (Lipinski definition) is 0. The van der Waals surface area contributed by atoms with Crippen molar-refractivity contribution >= 4 is 17.0 Å². The van der Waals surface area contributed by atoms with E-state index in [2.05, 4.69) is 45.1 Å². The molecule has 0 aliphatic heterocycles. The zero-order valence-electron chi connectivity index (χ0n) is 12.6. The molecule has 1 heteroatoms. The zero-order chi connectivity index (χ0) is 14.2. The number of fused-ring (bicyclic) bond motifs is 1. The van der Waals surface area contributed by atoms with Gasteiger partial charge in [-0.1, -0.05) is 43.7 Å². The van der Waals surface area contributed by atoms with Gasteiger partial charge in [-0.25, -0.2) is 0 Å². The highest BCUT2D eigenvalue weighted by Crippen LogP contribution is 2.41. The molecule has 1 heterocycles. The summed E-state index contributed by atoms with van der Waals surface area (Å²) in [7, 11) is 0. The Kier molecular flexibility index (Phi) is 3.29. The summed E-state index contributed by atoms with van der Waals surface area (Å²) >= 11 is 0. The van der Waals surface area contributed by atoms with Crippen LogP contribution >= 0.6 is 0 Å². The van der Waals surface area contributed by atoms with Gasteiger partial charge in [-0.3, -0.25) is 0 Å². The summed E-state index contributed by atoms with van der Waals surface area (Å²) in [6.07, 6.45) is 10.1. The lowest BCUT2D eigenvalue weighted by Crippen LogP contribution is -2.18. The number of rotatable bonds is 2. The van der Waals surface area contributed by atoms with Crippen LogP contribution < -0.4 is 0 Å². The Bertz CT molecular complexity index is 683. The molecule has 20 heavy (non-hydrogen) atoms. The van der Waals surface area contributed by atoms with Crippen molar-refractivity contribution in [1.82, 2.24) is 0 Å². The van der Waals surface area contributed by atoms with Crippen LogP contribution in [0.3, 0.4) is 0 Å². The van der Waals surface area contributed by atoms with E-state index in [4.69, 9.17) is 4.42 Å². The second-order valence-corrected chi connectivity index (χ2v) is 6.44. The molecule has 2 aromatic rings. The van der Waals surface area contributed by atoms with E-state index in [-0.39, 0.29) is 0 Å². The van der Waals surface area contributed by atoms with Crippen LogP contribution in [0.4, 0.5) is 0 Å². The summed E-state index contributed by atoms with van der Waals surface area (Å²) in [6, 6.07) is 8.27. The van der Waals surface area contributed by atoms with Crippen LogP contribution in [0.15, 0.2) is 52.2 Å². The van der Waals surface area contributed by atoms with Crippen molar-refractivity contribution in [1.29, 1.82) is 0 Å². The largest absolute Gasteiger partial charge is 0.464 e. The molecule has 0 radical (unpaired) electrons. The lowest BCUT2D eigenvalue weighted by Gasteiger charge is -2.32. The first-order chi connectivity index (χ1) is 9.58. The van der Waals surface area contributed by atoms with Gasteiger partial charge in [-0.2, -0.15) is 0 Å². The fourth-order valence-corrected chi connectivity index (χ4v) is 3.35. The van der Waals surface area contributed by atoms with Gasteiger partial charge >= 0.3 is 0 Å². The van der Waals surface area contributed by atoms with E-state index in [9.17, 15) is 0 Å². The van der Waals surface area contributed by atoms with E-state index in [0.29, 0.717) is 5.41 Å². The summed E-state index contributed by atoms with van der Waals surface area (Å²) in [5, 5.41) is 1.19. The topological polar surface area (TPSA) is 13.1 Å². The molecule has 0 unspecified atom stereocenters. The second kappa shape index (κ2) is 4.97. The molecule has 1 aliphatic carbocycles. The van der Waals surface area contributed by atoms with Crippen molar-refractivity contribution < 1.29 is 4.42 Å². The Morgan fingerprint density at radius 3 is 2.80 bits per heavy atom. The van der Waals surface area contributed by atoms with E-state index in [1.807, 2.05) is 12.1 Å². The summed E-state index contributed by atoms with van der Waals surface area (Å²) < 4.78 is 5.47. The molecule has 0 spiro atoms. The Morgan fingerprint density at radius 1 is 1.15 bits per heavy atom. The van der Waals surface area contributed by atoms with Crippen molar-refractivity contribution in [2.24, 2.45) is 5.41 Å². The minimum absolute atomic E-state index is 0.295. The van der Waals surface area contributed by atoms with Crippen LogP contribution in [0.1, 0.15) is 45.6 Å². The minimum atomic E-state index is 0.295. The third-order valence-corrected chi connectivity index (χ3v) is 4.50. The van der Waals surface area contributed by atoms with E-state index in [1.165, 1.54) is 41.4 Å². The highest BCUT2D eigenvalue weighted by atomic mass is 16.3. The molecule has 3 rings (SSSR count). The van der Waals surface area contributed by atoms with Gasteiger partial charge in [-0.05, 0) is 54.9 Å². The van der Waals surface area contributed by atoms with Crippen molar-refractivity contribution in [2.75, 3.05) is 0 Å². The van der Waals surface area contributed by atoms with E-state index < -0.39 is 0 Å². The summed E-state index contributed by atoms with van der Waals surface area (Å²) in [5.74, 6) is 0. The molecule has 0 amide bonds. The normalized spacial score (nSPS) is 19.1. The van der Waals surface area contributed by atoms with Gasteiger partial charge < -0.3 is 4.42 Å². The SMILES string of the molecule is CC1=C(/C=C/c2cccc3occc23)C(C)(C)CCC1. The lowest BCUT2D eigenvalue weighted by atomic mass is 9.72. The average molecular weight is 266 g/mol. The van der Waals surface area contributed by atoms with Gasteiger partial charge in [-0.15, -0.1) is 0 Å². The highest BCUT2D eigenvalue weighted by Gasteiger charge is 2.26. The number of hydrogen-bond acceptors (Lipinski definition) is 1. The molecular formula is C19H22O. The molecular weight excluding hydrogens is 244 g/mol. The Balaban J connectivity index is 2.00. The monoisotopic (exact) mass is 266 g/mol. The Labute approximate surface area is 121 Å². The van der Waals surface area contributed by atoms with Crippen molar-refractivity contribution in [3.05, 3.63) is 53.3 Å². The van der Waals surface area contributed by atoms with Crippen LogP contribution in [-0.2, 0) is 0 Å². The molecule has 1 aromatic carbocycles. The first-order valence-corrected chi connectivity index (χ1v) is 7.42. The van der Waals surface area contributed by atoms with Crippen LogP contribution in [0.25, 0.3) is 17.0 Å². The summed E-state index contributed by atoms with van der Waals surface area (Å²) in [5.41, 5.74) is 5.53. The first-order valence-electron chi connectivity index (χ1n) is 7.42. The van der Waals surface area contributed by atoms with Crippen molar-refractivity contribution in [3.63, 3.8) is 0 Å². The number of allylic oxidation sites excluding steroid dienone is 3. The van der Waals surface area contributed by atoms with Gasteiger partial charge in [0.25, 0.3) is 0 Å². The fraction of sp³-hybridized carbons (Fsp3) is 0.368. The summed E-state index contributed by atoms with van der Waals surface area (Å²) in [4.78, 5) is 0. The number of furan rings is 1. The van der Waals surface area contributed by atoms with E-state index >= 15 is 0 Å². The van der Waals surface area contributed by atoms with Crippen LogP contribution in [0.2, 0.25) is 0 Å². The standard InChI is InChI=1S/C19H22O/c1-14-6-5-12-19(2,3)17(14)10-9-15-7-4-8-18-16(15)11-13-20-18/h4,7-11,13H,5-6,12H2,1-3H3/b10-9+. The molecule has 104 valence electrons. The van der Waals surface area contributed by atoms with Crippen molar-refractivity contribution in [3.8, 4) is 0 Å². The Morgan fingerprint density at radius 2 is 2.00 bits per heavy atom. The van der Waals surface area contributed by atoms with Gasteiger partial charge in [0.05, 0.1) is 6.26 Å². The molecule has 0 bridgehead atoms. The third-order valence-electron chi connectivity index (χ3n) is 4.50. The minimum Gasteiger partial charge on any atom is -0.464 e. The van der Waals surface area contributed by atoms with Crippen molar-refractivity contribution in [2.45, 2.75) is 40.0 Å². The van der Waals surface area contributed by atoms with Crippen LogP contribution in [0, 0.1) is 5.41 Å². The van der Waals surface area contributed by atoms with Gasteiger partial charge in [0.2, 0.25) is 0 Å². The molecule has 1 aliphatic rings. The smallest absolute Gasteiger partial charge is 0.134 e. The maximum absolute atomic E-state index is 5.47. The number of benzene rings is 1. The molecule has 0 atom stereocenters. The lowest BCUT2D eigenvalue weighted by molar-refractivity contribution is 0.377. The average Bonchev–Trinajstić information content (AvgIpc) is 2.86. The fourth-order valence-electron chi connectivity index (χ4n) is 3.35. The molecule has 0 fully saturated rings. The van der Waals surface area contributed by atoms with Gasteiger partial charge in [0.1, 0.15) is 5.58 Å². The predicted molar refractivity (Wildman–Crippen MR) is 85.6 cm³/mol.